The fourth-order valence-corrected chi connectivity index (χ4v) is 3.70. The number of rotatable bonds is 9. The van der Waals surface area contributed by atoms with Crippen molar-refractivity contribution in [3.8, 4) is 0 Å². The second-order valence-corrected chi connectivity index (χ2v) is 7.47. The summed E-state index contributed by atoms with van der Waals surface area (Å²) in [5.74, 6) is 0.197. The second kappa shape index (κ2) is 8.19. The maximum absolute atomic E-state index is 12.1. The molecule has 1 saturated heterocycles. The third-order valence-corrected chi connectivity index (χ3v) is 5.63. The molecule has 0 radical (unpaired) electrons. The lowest BCUT2D eigenvalue weighted by Gasteiger charge is -2.27. The molecule has 19 heavy (non-hydrogen) atoms. The van der Waals surface area contributed by atoms with E-state index in [1.54, 1.807) is 11.4 Å². The van der Waals surface area contributed by atoms with Crippen molar-refractivity contribution >= 4 is 10.0 Å². The molecule has 0 aromatic carbocycles. The Labute approximate surface area is 118 Å². The summed E-state index contributed by atoms with van der Waals surface area (Å²) in [6.45, 7) is 8.39. The van der Waals surface area contributed by atoms with Crippen molar-refractivity contribution in [3.05, 3.63) is 0 Å². The summed E-state index contributed by atoms with van der Waals surface area (Å²) < 4.78 is 25.8. The zero-order valence-electron chi connectivity index (χ0n) is 12.6. The van der Waals surface area contributed by atoms with Gasteiger partial charge in [0, 0.05) is 26.2 Å². The number of likely N-dealkylation sites (N-methyl/N-ethyl adjacent to an activating group) is 2. The van der Waals surface area contributed by atoms with Crippen molar-refractivity contribution in [1.29, 1.82) is 0 Å². The molecule has 0 bridgehead atoms. The van der Waals surface area contributed by atoms with Crippen LogP contribution >= 0.6 is 0 Å². The van der Waals surface area contributed by atoms with E-state index in [1.807, 2.05) is 0 Å². The Balaban J connectivity index is 2.40. The van der Waals surface area contributed by atoms with Crippen LogP contribution in [0.5, 0.6) is 0 Å². The van der Waals surface area contributed by atoms with E-state index in [2.05, 4.69) is 24.1 Å². The smallest absolute Gasteiger partial charge is 0.215 e. The minimum absolute atomic E-state index is 0.197. The van der Waals surface area contributed by atoms with Gasteiger partial charge in [0.1, 0.15) is 0 Å². The van der Waals surface area contributed by atoms with Crippen LogP contribution in [0, 0.1) is 0 Å². The van der Waals surface area contributed by atoms with Gasteiger partial charge < -0.3 is 5.32 Å². The molecule has 0 aromatic rings. The molecule has 0 spiro atoms. The Morgan fingerprint density at radius 2 is 2.05 bits per heavy atom. The molecule has 1 heterocycles. The average Bonchev–Trinajstić information content (AvgIpc) is 2.82. The SMILES string of the molecule is CCCNCCS(=O)(=O)N(C)CC1CCCN1CC. The third-order valence-electron chi connectivity index (χ3n) is 3.81. The normalized spacial score (nSPS) is 21.4. The highest BCUT2D eigenvalue weighted by Crippen LogP contribution is 2.18. The van der Waals surface area contributed by atoms with Crippen molar-refractivity contribution in [3.63, 3.8) is 0 Å². The number of sulfonamides is 1. The summed E-state index contributed by atoms with van der Waals surface area (Å²) in [6, 6.07) is 0.397. The molecular formula is C13H29N3O2S. The van der Waals surface area contributed by atoms with Gasteiger partial charge in [-0.25, -0.2) is 12.7 Å². The number of nitrogens with zero attached hydrogens (tertiary/aromatic N) is 2. The fourth-order valence-electron chi connectivity index (χ4n) is 2.59. The summed E-state index contributed by atoms with van der Waals surface area (Å²) in [5, 5.41) is 3.14. The van der Waals surface area contributed by atoms with Gasteiger partial charge in [0.2, 0.25) is 10.0 Å². The van der Waals surface area contributed by atoms with Crippen LogP contribution < -0.4 is 5.32 Å². The first-order valence-corrected chi connectivity index (χ1v) is 9.01. The van der Waals surface area contributed by atoms with Crippen molar-refractivity contribution in [2.24, 2.45) is 0 Å². The summed E-state index contributed by atoms with van der Waals surface area (Å²) >= 11 is 0. The highest BCUT2D eigenvalue weighted by atomic mass is 32.2. The van der Waals surface area contributed by atoms with E-state index in [4.69, 9.17) is 0 Å². The van der Waals surface area contributed by atoms with Gasteiger partial charge in [0.25, 0.3) is 0 Å². The Morgan fingerprint density at radius 1 is 1.32 bits per heavy atom. The second-order valence-electron chi connectivity index (χ2n) is 5.27. The van der Waals surface area contributed by atoms with Crippen LogP contribution in [0.25, 0.3) is 0 Å². The number of hydrogen-bond donors (Lipinski definition) is 1. The molecule has 1 rings (SSSR count). The molecule has 6 heteroatoms. The van der Waals surface area contributed by atoms with Crippen molar-refractivity contribution < 1.29 is 8.42 Å². The maximum Gasteiger partial charge on any atom is 0.215 e. The zero-order chi connectivity index (χ0) is 14.3. The van der Waals surface area contributed by atoms with Crippen LogP contribution in [-0.2, 0) is 10.0 Å². The molecule has 0 amide bonds. The van der Waals surface area contributed by atoms with Crippen LogP contribution in [0.2, 0.25) is 0 Å². The number of likely N-dealkylation sites (tertiary alicyclic amines) is 1. The first kappa shape index (κ1) is 16.9. The van der Waals surface area contributed by atoms with Gasteiger partial charge in [0.15, 0.2) is 0 Å². The molecule has 1 N–H and O–H groups in total. The van der Waals surface area contributed by atoms with E-state index < -0.39 is 10.0 Å². The Morgan fingerprint density at radius 3 is 2.68 bits per heavy atom. The predicted molar refractivity (Wildman–Crippen MR) is 79.8 cm³/mol. The third kappa shape index (κ3) is 5.38. The van der Waals surface area contributed by atoms with E-state index in [9.17, 15) is 8.42 Å². The summed E-state index contributed by atoms with van der Waals surface area (Å²) in [4.78, 5) is 2.38. The lowest BCUT2D eigenvalue weighted by Crippen LogP contribution is -2.42. The fraction of sp³-hybridized carbons (Fsp3) is 1.00. The first-order valence-electron chi connectivity index (χ1n) is 7.40. The number of hydrogen-bond acceptors (Lipinski definition) is 4. The standard InChI is InChI=1S/C13H29N3O2S/c1-4-8-14-9-11-19(17,18)15(3)12-13-7-6-10-16(13)5-2/h13-14H,4-12H2,1-3H3. The lowest BCUT2D eigenvalue weighted by molar-refractivity contribution is 0.237. The van der Waals surface area contributed by atoms with E-state index in [1.165, 1.54) is 6.42 Å². The summed E-state index contributed by atoms with van der Waals surface area (Å²) in [6.07, 6.45) is 3.33. The van der Waals surface area contributed by atoms with Crippen molar-refractivity contribution in [2.75, 3.05) is 45.5 Å². The van der Waals surface area contributed by atoms with Crippen LogP contribution in [0.15, 0.2) is 0 Å². The molecule has 1 aliphatic rings. The van der Waals surface area contributed by atoms with E-state index >= 15 is 0 Å². The summed E-state index contributed by atoms with van der Waals surface area (Å²) in [5.41, 5.74) is 0. The maximum atomic E-state index is 12.1. The van der Waals surface area contributed by atoms with Crippen molar-refractivity contribution in [2.45, 2.75) is 39.2 Å². The van der Waals surface area contributed by atoms with E-state index in [0.29, 0.717) is 19.1 Å². The van der Waals surface area contributed by atoms with Gasteiger partial charge >= 0.3 is 0 Å². The molecule has 1 atom stereocenters. The average molecular weight is 291 g/mol. The van der Waals surface area contributed by atoms with Gasteiger partial charge in [0.05, 0.1) is 5.75 Å². The van der Waals surface area contributed by atoms with Gasteiger partial charge in [-0.3, -0.25) is 4.90 Å². The molecular weight excluding hydrogens is 262 g/mol. The molecule has 0 saturated carbocycles. The van der Waals surface area contributed by atoms with Crippen LogP contribution in [0.1, 0.15) is 33.1 Å². The Kier molecular flexibility index (Phi) is 7.28. The minimum atomic E-state index is -3.12. The van der Waals surface area contributed by atoms with Crippen LogP contribution in [-0.4, -0.2) is 69.2 Å². The molecule has 0 aromatic heterocycles. The molecule has 1 fully saturated rings. The highest BCUT2D eigenvalue weighted by Gasteiger charge is 2.27. The van der Waals surface area contributed by atoms with Gasteiger partial charge in [-0.2, -0.15) is 0 Å². The molecule has 5 nitrogen and oxygen atoms in total. The van der Waals surface area contributed by atoms with Gasteiger partial charge in [-0.1, -0.05) is 13.8 Å². The summed E-state index contributed by atoms with van der Waals surface area (Å²) in [7, 11) is -1.41. The lowest BCUT2D eigenvalue weighted by atomic mass is 10.2. The minimum Gasteiger partial charge on any atom is -0.316 e. The number of nitrogens with one attached hydrogen (secondary N) is 1. The Hall–Kier alpha value is -0.170. The zero-order valence-corrected chi connectivity index (χ0v) is 13.4. The topological polar surface area (TPSA) is 52.7 Å². The molecule has 0 aliphatic carbocycles. The van der Waals surface area contributed by atoms with Crippen LogP contribution in [0.4, 0.5) is 0 Å². The Bertz CT molecular complexity index is 346. The van der Waals surface area contributed by atoms with Gasteiger partial charge in [-0.15, -0.1) is 0 Å². The van der Waals surface area contributed by atoms with E-state index in [-0.39, 0.29) is 5.75 Å². The largest absolute Gasteiger partial charge is 0.316 e. The van der Waals surface area contributed by atoms with Crippen molar-refractivity contribution in [1.82, 2.24) is 14.5 Å². The monoisotopic (exact) mass is 291 g/mol. The van der Waals surface area contributed by atoms with Crippen LogP contribution in [0.3, 0.4) is 0 Å². The first-order chi connectivity index (χ1) is 9.01. The van der Waals surface area contributed by atoms with Gasteiger partial charge in [-0.05, 0) is 38.9 Å². The van der Waals surface area contributed by atoms with E-state index in [0.717, 1.165) is 32.5 Å². The molecule has 1 aliphatic heterocycles. The highest BCUT2D eigenvalue weighted by molar-refractivity contribution is 7.89. The quantitative estimate of drug-likeness (QED) is 0.636. The molecule has 1 unspecified atom stereocenters. The molecule has 114 valence electrons. The predicted octanol–water partition coefficient (Wildman–Crippen LogP) is 0.732.